The van der Waals surface area contributed by atoms with E-state index in [4.69, 9.17) is 4.98 Å². The number of carbonyl (C=O) groups is 1. The average Bonchev–Trinajstić information content (AvgIpc) is 3.64. The van der Waals surface area contributed by atoms with E-state index in [1.807, 2.05) is 61.1 Å². The summed E-state index contributed by atoms with van der Waals surface area (Å²) >= 11 is 0. The number of nitrogens with zero attached hydrogens (tertiary/aromatic N) is 9. The van der Waals surface area contributed by atoms with Gasteiger partial charge in [0.1, 0.15) is 11.4 Å². The number of rotatable bonds is 7. The van der Waals surface area contributed by atoms with E-state index in [1.54, 1.807) is 46.7 Å². The highest BCUT2D eigenvalue weighted by atomic mass is 16.2. The number of para-hydroxylation sites is 1. The summed E-state index contributed by atoms with van der Waals surface area (Å²) in [6, 6.07) is 15.9. The first-order chi connectivity index (χ1) is 23.8. The third-order valence-corrected chi connectivity index (χ3v) is 9.12. The molecule has 0 saturated carbocycles. The Labute approximate surface area is 284 Å². The van der Waals surface area contributed by atoms with Crippen LogP contribution in [0.15, 0.2) is 78.0 Å². The van der Waals surface area contributed by atoms with Gasteiger partial charge >= 0.3 is 0 Å². The number of amides is 1. The number of aryl methyl sites for hydroxylation is 2. The Kier molecular flexibility index (Phi) is 8.78. The van der Waals surface area contributed by atoms with Crippen LogP contribution in [-0.4, -0.2) is 89.4 Å². The number of nitrogens with one attached hydrogen (secondary N) is 1. The molecule has 0 unspecified atom stereocenters. The van der Waals surface area contributed by atoms with E-state index >= 15 is 0 Å². The molecule has 1 fully saturated rings. The molecule has 0 aliphatic carbocycles. The predicted molar refractivity (Wildman–Crippen MR) is 188 cm³/mol. The molecule has 0 bridgehead atoms. The minimum absolute atomic E-state index is 0.271. The maximum atomic E-state index is 14.5. The molecule has 5 heterocycles. The monoisotopic (exact) mass is 654 g/mol. The van der Waals surface area contributed by atoms with Crippen LogP contribution < -0.4 is 10.9 Å². The molecule has 1 N–H and O–H groups in total. The first kappa shape index (κ1) is 31.9. The van der Waals surface area contributed by atoms with Gasteiger partial charge in [0.15, 0.2) is 5.65 Å². The summed E-state index contributed by atoms with van der Waals surface area (Å²) in [7, 11) is 4.10. The Hall–Kier alpha value is -5.64. The molecule has 49 heavy (non-hydrogen) atoms. The molecule has 1 amide bonds. The van der Waals surface area contributed by atoms with Crippen LogP contribution in [-0.2, 0) is 13.5 Å². The molecule has 12 nitrogen and oxygen atoms in total. The van der Waals surface area contributed by atoms with E-state index in [2.05, 4.69) is 49.2 Å². The topological polar surface area (TPSA) is 118 Å². The van der Waals surface area contributed by atoms with Gasteiger partial charge in [-0.3, -0.25) is 18.8 Å². The highest BCUT2D eigenvalue weighted by molar-refractivity contribution is 6.01. The van der Waals surface area contributed by atoms with E-state index in [1.165, 1.54) is 0 Å². The molecule has 0 spiro atoms. The Morgan fingerprint density at radius 3 is 2.55 bits per heavy atom. The number of fused-ring (bicyclic) bond motifs is 2. The SMILES string of the molecule is Cc1nn2cccnc2c1C(=O)N[C@@H](C)c1nc2cccc(C#Cc3cnn(C)c3CCN3CCN(C)CC3)c2c(=O)n1-c1ccccc1. The molecule has 12 heteroatoms. The lowest BCUT2D eigenvalue weighted by molar-refractivity contribution is 0.0938. The van der Waals surface area contributed by atoms with Crippen LogP contribution in [0.2, 0.25) is 0 Å². The summed E-state index contributed by atoms with van der Waals surface area (Å²) in [5.74, 6) is 6.63. The Bertz CT molecular complexity index is 2290. The first-order valence-electron chi connectivity index (χ1n) is 16.4. The van der Waals surface area contributed by atoms with E-state index in [-0.39, 0.29) is 11.5 Å². The zero-order valence-corrected chi connectivity index (χ0v) is 28.1. The minimum atomic E-state index is -0.643. The number of piperazine rings is 1. The molecule has 248 valence electrons. The van der Waals surface area contributed by atoms with Gasteiger partial charge in [-0.05, 0) is 51.2 Å². The summed E-state index contributed by atoms with van der Waals surface area (Å²) in [5, 5.41) is 12.4. The molecule has 1 saturated heterocycles. The van der Waals surface area contributed by atoms with Crippen molar-refractivity contribution in [3.8, 4) is 17.5 Å². The average molecular weight is 655 g/mol. The van der Waals surface area contributed by atoms with E-state index < -0.39 is 6.04 Å². The first-order valence-corrected chi connectivity index (χ1v) is 16.4. The van der Waals surface area contributed by atoms with Gasteiger partial charge in [0.25, 0.3) is 11.5 Å². The van der Waals surface area contributed by atoms with Crippen LogP contribution in [0.4, 0.5) is 0 Å². The summed E-state index contributed by atoms with van der Waals surface area (Å²) in [4.78, 5) is 42.3. The van der Waals surface area contributed by atoms with Crippen molar-refractivity contribution in [3.63, 3.8) is 0 Å². The van der Waals surface area contributed by atoms with Crippen molar-refractivity contribution in [2.24, 2.45) is 7.05 Å². The van der Waals surface area contributed by atoms with Gasteiger partial charge in [-0.1, -0.05) is 36.1 Å². The van der Waals surface area contributed by atoms with Crippen LogP contribution in [0.5, 0.6) is 0 Å². The van der Waals surface area contributed by atoms with Crippen molar-refractivity contribution in [1.29, 1.82) is 0 Å². The Morgan fingerprint density at radius 1 is 0.980 bits per heavy atom. The molecule has 4 aromatic heterocycles. The van der Waals surface area contributed by atoms with Crippen molar-refractivity contribution in [1.82, 2.24) is 49.0 Å². The number of benzene rings is 2. The van der Waals surface area contributed by atoms with Gasteiger partial charge in [-0.25, -0.2) is 14.5 Å². The Morgan fingerprint density at radius 2 is 1.76 bits per heavy atom. The molecule has 0 radical (unpaired) electrons. The smallest absolute Gasteiger partial charge is 0.267 e. The lowest BCUT2D eigenvalue weighted by Crippen LogP contribution is -2.45. The van der Waals surface area contributed by atoms with Crippen molar-refractivity contribution in [2.45, 2.75) is 26.3 Å². The quantitative estimate of drug-likeness (QED) is 0.261. The van der Waals surface area contributed by atoms with Crippen LogP contribution in [0.3, 0.4) is 0 Å². The fraction of sp³-hybridized carbons (Fsp3) is 0.297. The van der Waals surface area contributed by atoms with E-state index in [9.17, 15) is 9.59 Å². The summed E-state index contributed by atoms with van der Waals surface area (Å²) in [6.07, 6.45) is 6.00. The van der Waals surface area contributed by atoms with Crippen LogP contribution in [0.1, 0.15) is 51.7 Å². The van der Waals surface area contributed by atoms with Gasteiger partial charge in [-0.2, -0.15) is 10.2 Å². The fourth-order valence-electron chi connectivity index (χ4n) is 6.40. The zero-order valence-electron chi connectivity index (χ0n) is 28.1. The highest BCUT2D eigenvalue weighted by Gasteiger charge is 2.24. The maximum Gasteiger partial charge on any atom is 0.267 e. The van der Waals surface area contributed by atoms with Crippen molar-refractivity contribution in [2.75, 3.05) is 39.8 Å². The molecule has 1 aliphatic heterocycles. The summed E-state index contributed by atoms with van der Waals surface area (Å²) in [5.41, 5.74) is 4.72. The van der Waals surface area contributed by atoms with Crippen LogP contribution >= 0.6 is 0 Å². The normalized spacial score (nSPS) is 14.5. The highest BCUT2D eigenvalue weighted by Crippen LogP contribution is 2.22. The zero-order chi connectivity index (χ0) is 34.1. The third kappa shape index (κ3) is 6.34. The number of likely N-dealkylation sites (N-methyl/N-ethyl adjacent to an activating group) is 1. The van der Waals surface area contributed by atoms with Crippen molar-refractivity contribution < 1.29 is 4.79 Å². The summed E-state index contributed by atoms with van der Waals surface area (Å²) in [6.45, 7) is 8.76. The number of hydrogen-bond acceptors (Lipinski definition) is 8. The van der Waals surface area contributed by atoms with Gasteiger partial charge in [-0.15, -0.1) is 0 Å². The number of carbonyl (C=O) groups excluding carboxylic acids is 1. The van der Waals surface area contributed by atoms with Crippen molar-refractivity contribution in [3.05, 3.63) is 117 Å². The number of hydrogen-bond donors (Lipinski definition) is 1. The number of aromatic nitrogens is 7. The molecule has 6 aromatic rings. The predicted octanol–water partition coefficient (Wildman–Crippen LogP) is 3.15. The lowest BCUT2D eigenvalue weighted by Gasteiger charge is -2.32. The van der Waals surface area contributed by atoms with Crippen LogP contribution in [0.25, 0.3) is 22.2 Å². The van der Waals surface area contributed by atoms with Gasteiger partial charge < -0.3 is 15.1 Å². The second-order valence-electron chi connectivity index (χ2n) is 12.5. The van der Waals surface area contributed by atoms with E-state index in [0.29, 0.717) is 44.9 Å². The second-order valence-corrected chi connectivity index (χ2v) is 12.5. The molecule has 1 atom stereocenters. The van der Waals surface area contributed by atoms with Gasteiger partial charge in [0, 0.05) is 64.1 Å². The molecular formula is C37H38N10O2. The fourth-order valence-corrected chi connectivity index (χ4v) is 6.40. The third-order valence-electron chi connectivity index (χ3n) is 9.12. The molecule has 7 rings (SSSR count). The standard InChI is InChI=1S/C37H38N10O2/c1-25-32(35-38-17-9-18-46(35)42-25)36(48)40-26(2)34-41-30-13-8-10-27(33(30)37(49)47(34)29-11-6-5-7-12-29)14-15-28-24-39-44(4)31(28)16-19-45-22-20-43(3)21-23-45/h5-13,17-18,24,26H,16,19-23H2,1-4H3,(H,40,48)/t26-/m0/s1. The molecule has 1 aliphatic rings. The van der Waals surface area contributed by atoms with Gasteiger partial charge in [0.2, 0.25) is 0 Å². The molecule has 2 aromatic carbocycles. The van der Waals surface area contributed by atoms with E-state index in [0.717, 1.165) is 50.4 Å². The van der Waals surface area contributed by atoms with Gasteiger partial charge in [0.05, 0.1) is 45.8 Å². The Balaban J connectivity index is 1.25. The van der Waals surface area contributed by atoms with Crippen LogP contribution in [0, 0.1) is 18.8 Å². The minimum Gasteiger partial charge on any atom is -0.342 e. The summed E-state index contributed by atoms with van der Waals surface area (Å²) < 4.78 is 5.03. The largest absolute Gasteiger partial charge is 0.342 e. The maximum absolute atomic E-state index is 14.5. The second kappa shape index (κ2) is 13.5. The van der Waals surface area contributed by atoms with Crippen molar-refractivity contribution >= 4 is 22.5 Å². The lowest BCUT2D eigenvalue weighted by atomic mass is 10.1. The molecular weight excluding hydrogens is 616 g/mol.